The number of aryl methyl sites for hydroxylation is 2. The summed E-state index contributed by atoms with van der Waals surface area (Å²) in [5, 5.41) is 2.87. The van der Waals surface area contributed by atoms with E-state index in [0.29, 0.717) is 12.6 Å². The summed E-state index contributed by atoms with van der Waals surface area (Å²) >= 11 is 0. The number of benzene rings is 1. The van der Waals surface area contributed by atoms with Crippen LogP contribution in [-0.4, -0.2) is 18.6 Å². The second-order valence-corrected chi connectivity index (χ2v) is 3.97. The van der Waals surface area contributed by atoms with Gasteiger partial charge < -0.3 is 14.5 Å². The van der Waals surface area contributed by atoms with Gasteiger partial charge in [-0.1, -0.05) is 12.1 Å². The Kier molecular flexibility index (Phi) is 4.23. The van der Waals surface area contributed by atoms with Gasteiger partial charge in [-0.25, -0.2) is 0 Å². The van der Waals surface area contributed by atoms with Crippen LogP contribution < -0.4 is 10.1 Å². The van der Waals surface area contributed by atoms with E-state index in [0.717, 1.165) is 24.3 Å². The van der Waals surface area contributed by atoms with E-state index in [1.54, 1.807) is 13.3 Å². The Morgan fingerprint density at radius 2 is 2.22 bits per heavy atom. The van der Waals surface area contributed by atoms with Crippen LogP contribution >= 0.6 is 0 Å². The van der Waals surface area contributed by atoms with Crippen LogP contribution in [0.5, 0.6) is 5.75 Å². The molecular weight excluding hydrogens is 228 g/mol. The van der Waals surface area contributed by atoms with Gasteiger partial charge in [0.05, 0.1) is 12.3 Å². The van der Waals surface area contributed by atoms with Gasteiger partial charge in [-0.3, -0.25) is 0 Å². The van der Waals surface area contributed by atoms with Gasteiger partial charge in [0.1, 0.15) is 12.0 Å². The first-order valence-corrected chi connectivity index (χ1v) is 6.15. The molecule has 1 aromatic heterocycles. The van der Waals surface area contributed by atoms with Crippen molar-refractivity contribution in [2.45, 2.75) is 19.8 Å². The molecule has 0 aliphatic rings. The van der Waals surface area contributed by atoms with E-state index in [2.05, 4.69) is 22.4 Å². The van der Waals surface area contributed by atoms with Crippen molar-refractivity contribution < 1.29 is 9.15 Å². The van der Waals surface area contributed by atoms with Gasteiger partial charge in [-0.2, -0.15) is 4.98 Å². The first-order valence-electron chi connectivity index (χ1n) is 6.15. The van der Waals surface area contributed by atoms with E-state index < -0.39 is 0 Å². The molecule has 0 atom stereocenters. The summed E-state index contributed by atoms with van der Waals surface area (Å²) in [7, 11) is 1.79. The number of aromatic nitrogens is 1. The first kappa shape index (κ1) is 12.5. The molecule has 2 aromatic rings. The lowest BCUT2D eigenvalue weighted by Crippen LogP contribution is -1.95. The Morgan fingerprint density at radius 3 is 2.94 bits per heavy atom. The largest absolute Gasteiger partial charge is 0.494 e. The van der Waals surface area contributed by atoms with E-state index in [4.69, 9.17) is 9.15 Å². The molecule has 0 radical (unpaired) electrons. The average molecular weight is 246 g/mol. The zero-order valence-electron chi connectivity index (χ0n) is 10.8. The SMILES string of the molecule is CCOc1cccc(CCc2coc(NC)n2)c1. The van der Waals surface area contributed by atoms with Crippen LogP contribution in [-0.2, 0) is 12.8 Å². The molecule has 1 heterocycles. The van der Waals surface area contributed by atoms with Crippen molar-refractivity contribution in [3.05, 3.63) is 41.8 Å². The van der Waals surface area contributed by atoms with Crippen molar-refractivity contribution >= 4 is 6.01 Å². The van der Waals surface area contributed by atoms with Gasteiger partial charge >= 0.3 is 0 Å². The highest BCUT2D eigenvalue weighted by Gasteiger charge is 2.03. The van der Waals surface area contributed by atoms with Crippen LogP contribution in [0, 0.1) is 0 Å². The number of oxazole rings is 1. The monoisotopic (exact) mass is 246 g/mol. The second-order valence-electron chi connectivity index (χ2n) is 3.97. The van der Waals surface area contributed by atoms with E-state index in [-0.39, 0.29) is 0 Å². The third kappa shape index (κ3) is 3.26. The van der Waals surface area contributed by atoms with Gasteiger partial charge in [0, 0.05) is 7.05 Å². The first-order chi connectivity index (χ1) is 8.81. The van der Waals surface area contributed by atoms with E-state index in [1.807, 2.05) is 19.1 Å². The minimum absolute atomic E-state index is 0.563. The molecular formula is C14H18N2O2. The number of hydrogen-bond acceptors (Lipinski definition) is 4. The number of hydrogen-bond donors (Lipinski definition) is 1. The number of anilines is 1. The molecule has 18 heavy (non-hydrogen) atoms. The molecule has 96 valence electrons. The second kappa shape index (κ2) is 6.10. The number of nitrogens with zero attached hydrogens (tertiary/aromatic N) is 1. The van der Waals surface area contributed by atoms with Crippen LogP contribution in [0.4, 0.5) is 6.01 Å². The molecule has 1 N–H and O–H groups in total. The molecule has 1 aromatic carbocycles. The fourth-order valence-corrected chi connectivity index (χ4v) is 1.77. The Balaban J connectivity index is 1.94. The summed E-state index contributed by atoms with van der Waals surface area (Å²) in [6.45, 7) is 2.68. The molecule has 2 rings (SSSR count). The third-order valence-corrected chi connectivity index (χ3v) is 2.64. The minimum Gasteiger partial charge on any atom is -0.494 e. The minimum atomic E-state index is 0.563. The van der Waals surface area contributed by atoms with Crippen molar-refractivity contribution in [2.75, 3.05) is 19.0 Å². The summed E-state index contributed by atoms with van der Waals surface area (Å²) in [4.78, 5) is 4.29. The maximum Gasteiger partial charge on any atom is 0.294 e. The predicted molar refractivity (Wildman–Crippen MR) is 71.1 cm³/mol. The van der Waals surface area contributed by atoms with Crippen molar-refractivity contribution in [1.29, 1.82) is 0 Å². The van der Waals surface area contributed by atoms with Crippen LogP contribution in [0.3, 0.4) is 0 Å². The summed E-state index contributed by atoms with van der Waals surface area (Å²) in [5.41, 5.74) is 2.20. The van der Waals surface area contributed by atoms with Crippen molar-refractivity contribution in [3.63, 3.8) is 0 Å². The molecule has 4 nitrogen and oxygen atoms in total. The number of ether oxygens (including phenoxy) is 1. The molecule has 0 amide bonds. The van der Waals surface area contributed by atoms with E-state index >= 15 is 0 Å². The summed E-state index contributed by atoms with van der Waals surface area (Å²) < 4.78 is 10.7. The van der Waals surface area contributed by atoms with E-state index in [9.17, 15) is 0 Å². The lowest BCUT2D eigenvalue weighted by molar-refractivity contribution is 0.340. The van der Waals surface area contributed by atoms with Crippen molar-refractivity contribution in [1.82, 2.24) is 4.98 Å². The lowest BCUT2D eigenvalue weighted by atomic mass is 10.1. The molecule has 0 bridgehead atoms. The van der Waals surface area contributed by atoms with E-state index in [1.165, 1.54) is 5.56 Å². The molecule has 0 spiro atoms. The van der Waals surface area contributed by atoms with Gasteiger partial charge in [0.2, 0.25) is 0 Å². The molecule has 0 fully saturated rings. The molecule has 0 unspecified atom stereocenters. The molecule has 0 saturated heterocycles. The summed E-state index contributed by atoms with van der Waals surface area (Å²) in [5.74, 6) is 0.922. The Labute approximate surface area is 107 Å². The highest BCUT2D eigenvalue weighted by atomic mass is 16.5. The third-order valence-electron chi connectivity index (χ3n) is 2.64. The molecule has 0 saturated carbocycles. The topological polar surface area (TPSA) is 47.3 Å². The standard InChI is InChI=1S/C14H18N2O2/c1-3-17-13-6-4-5-11(9-13)7-8-12-10-18-14(15-2)16-12/h4-6,9-10H,3,7-8H2,1-2H3,(H,15,16). The van der Waals surface area contributed by atoms with Gasteiger partial charge in [0.15, 0.2) is 0 Å². The zero-order chi connectivity index (χ0) is 12.8. The average Bonchev–Trinajstić information content (AvgIpc) is 2.85. The van der Waals surface area contributed by atoms with Crippen LogP contribution in [0.2, 0.25) is 0 Å². The van der Waals surface area contributed by atoms with Crippen molar-refractivity contribution in [3.8, 4) is 5.75 Å². The fourth-order valence-electron chi connectivity index (χ4n) is 1.77. The highest BCUT2D eigenvalue weighted by Crippen LogP contribution is 2.15. The van der Waals surface area contributed by atoms with Crippen LogP contribution in [0.1, 0.15) is 18.2 Å². The highest BCUT2D eigenvalue weighted by molar-refractivity contribution is 5.29. The van der Waals surface area contributed by atoms with Gasteiger partial charge in [0.25, 0.3) is 6.01 Å². The predicted octanol–water partition coefficient (Wildman–Crippen LogP) is 2.90. The Morgan fingerprint density at radius 1 is 1.33 bits per heavy atom. The maximum atomic E-state index is 5.48. The smallest absolute Gasteiger partial charge is 0.294 e. The molecule has 4 heteroatoms. The quantitative estimate of drug-likeness (QED) is 0.851. The van der Waals surface area contributed by atoms with Crippen LogP contribution in [0.25, 0.3) is 0 Å². The zero-order valence-corrected chi connectivity index (χ0v) is 10.8. The Bertz CT molecular complexity index is 494. The summed E-state index contributed by atoms with van der Waals surface area (Å²) in [6, 6.07) is 8.72. The Hall–Kier alpha value is -1.97. The molecule has 0 aliphatic heterocycles. The normalized spacial score (nSPS) is 10.3. The molecule has 0 aliphatic carbocycles. The number of nitrogens with one attached hydrogen (secondary N) is 1. The fraction of sp³-hybridized carbons (Fsp3) is 0.357. The summed E-state index contributed by atoms with van der Waals surface area (Å²) in [6.07, 6.45) is 3.48. The lowest BCUT2D eigenvalue weighted by Gasteiger charge is -2.05. The number of rotatable bonds is 6. The van der Waals surface area contributed by atoms with Crippen molar-refractivity contribution in [2.24, 2.45) is 0 Å². The van der Waals surface area contributed by atoms with Crippen LogP contribution in [0.15, 0.2) is 34.9 Å². The maximum absolute atomic E-state index is 5.48. The van der Waals surface area contributed by atoms with Gasteiger partial charge in [-0.05, 0) is 37.5 Å². The van der Waals surface area contributed by atoms with Gasteiger partial charge in [-0.15, -0.1) is 0 Å².